The average molecular weight is 282 g/mol. The maximum Gasteiger partial charge on any atom is 0.191 e. The second-order valence-corrected chi connectivity index (χ2v) is 5.64. The summed E-state index contributed by atoms with van der Waals surface area (Å²) in [4.78, 5) is 8.98. The number of hydrogen-bond donors (Lipinski definition) is 2. The molecule has 1 heterocycles. The average Bonchev–Trinajstić information content (AvgIpc) is 2.43. The zero-order valence-corrected chi connectivity index (χ0v) is 13.5. The van der Waals surface area contributed by atoms with Crippen LogP contribution >= 0.6 is 11.8 Å². The maximum atomic E-state index is 4.52. The maximum absolute atomic E-state index is 4.52. The monoisotopic (exact) mass is 282 g/mol. The topological polar surface area (TPSA) is 49.8 Å². The summed E-state index contributed by atoms with van der Waals surface area (Å²) in [5.74, 6) is 2.44. The highest BCUT2D eigenvalue weighted by Gasteiger charge is 2.12. The van der Waals surface area contributed by atoms with Gasteiger partial charge in [-0.1, -0.05) is 39.0 Å². The van der Waals surface area contributed by atoms with Gasteiger partial charge in [-0.2, -0.15) is 0 Å². The molecule has 2 unspecified atom stereocenters. The summed E-state index contributed by atoms with van der Waals surface area (Å²) < 4.78 is 0. The number of anilines is 2. The van der Waals surface area contributed by atoms with Crippen molar-refractivity contribution in [1.82, 2.24) is 9.97 Å². The van der Waals surface area contributed by atoms with Crippen molar-refractivity contribution in [1.29, 1.82) is 0 Å². The Hall–Kier alpha value is -0.970. The molecule has 0 saturated heterocycles. The van der Waals surface area contributed by atoms with E-state index in [9.17, 15) is 0 Å². The van der Waals surface area contributed by atoms with Gasteiger partial charge in [0.1, 0.15) is 11.6 Å². The lowest BCUT2D eigenvalue weighted by atomic mass is 10.0. The van der Waals surface area contributed by atoms with Gasteiger partial charge in [-0.05, 0) is 25.5 Å². The van der Waals surface area contributed by atoms with Gasteiger partial charge < -0.3 is 10.6 Å². The lowest BCUT2D eigenvalue weighted by Gasteiger charge is -2.21. The Balaban J connectivity index is 2.81. The molecule has 0 aliphatic carbocycles. The molecule has 2 atom stereocenters. The van der Waals surface area contributed by atoms with E-state index in [0.29, 0.717) is 12.0 Å². The lowest BCUT2D eigenvalue weighted by Crippen LogP contribution is -2.24. The third-order valence-corrected chi connectivity index (χ3v) is 3.87. The molecule has 0 fully saturated rings. The molecule has 0 spiro atoms. The van der Waals surface area contributed by atoms with E-state index in [1.54, 1.807) is 11.8 Å². The largest absolute Gasteiger partial charge is 0.370 e. The minimum absolute atomic E-state index is 0.411. The molecule has 5 heteroatoms. The van der Waals surface area contributed by atoms with Crippen molar-refractivity contribution in [3.63, 3.8) is 0 Å². The Kier molecular flexibility index (Phi) is 6.99. The first-order valence-electron chi connectivity index (χ1n) is 7.04. The molecule has 0 bridgehead atoms. The van der Waals surface area contributed by atoms with Gasteiger partial charge in [0.25, 0.3) is 0 Å². The highest BCUT2D eigenvalue weighted by atomic mass is 32.2. The van der Waals surface area contributed by atoms with Crippen molar-refractivity contribution in [2.75, 3.05) is 23.4 Å². The molecule has 1 aromatic rings. The minimum atomic E-state index is 0.411. The van der Waals surface area contributed by atoms with Gasteiger partial charge in [-0.15, -0.1) is 0 Å². The van der Waals surface area contributed by atoms with E-state index in [4.69, 9.17) is 0 Å². The van der Waals surface area contributed by atoms with Crippen LogP contribution in [0.3, 0.4) is 0 Å². The summed E-state index contributed by atoms with van der Waals surface area (Å²) in [7, 11) is 0. The van der Waals surface area contributed by atoms with Crippen LogP contribution in [-0.4, -0.2) is 28.8 Å². The van der Waals surface area contributed by atoms with E-state index < -0.39 is 0 Å². The summed E-state index contributed by atoms with van der Waals surface area (Å²) in [6.07, 6.45) is 4.25. The van der Waals surface area contributed by atoms with E-state index in [0.717, 1.165) is 36.2 Å². The Morgan fingerprint density at radius 3 is 2.47 bits per heavy atom. The normalized spacial score (nSPS) is 13.9. The Morgan fingerprint density at radius 2 is 1.89 bits per heavy atom. The van der Waals surface area contributed by atoms with Crippen molar-refractivity contribution in [3.05, 3.63) is 6.07 Å². The third-order valence-electron chi connectivity index (χ3n) is 3.32. The summed E-state index contributed by atoms with van der Waals surface area (Å²) in [6, 6.07) is 2.41. The van der Waals surface area contributed by atoms with Crippen LogP contribution < -0.4 is 10.6 Å². The van der Waals surface area contributed by atoms with Crippen molar-refractivity contribution in [2.24, 2.45) is 5.92 Å². The van der Waals surface area contributed by atoms with Gasteiger partial charge >= 0.3 is 0 Å². The summed E-state index contributed by atoms with van der Waals surface area (Å²) in [5.41, 5.74) is 0. The summed E-state index contributed by atoms with van der Waals surface area (Å²) >= 11 is 1.57. The summed E-state index contributed by atoms with van der Waals surface area (Å²) in [5, 5.41) is 7.61. The molecule has 2 N–H and O–H groups in total. The quantitative estimate of drug-likeness (QED) is 0.560. The SMILES string of the molecule is CCCNc1cc(NC(C)C(C)CC)nc(SC)n1. The molecule has 1 aromatic heterocycles. The molecule has 1 rings (SSSR count). The van der Waals surface area contributed by atoms with Gasteiger partial charge in [-0.25, -0.2) is 9.97 Å². The smallest absolute Gasteiger partial charge is 0.191 e. The lowest BCUT2D eigenvalue weighted by molar-refractivity contribution is 0.493. The molecule has 0 aliphatic heterocycles. The zero-order valence-electron chi connectivity index (χ0n) is 12.7. The highest BCUT2D eigenvalue weighted by Crippen LogP contribution is 2.19. The fourth-order valence-corrected chi connectivity index (χ4v) is 2.04. The Labute approximate surface area is 121 Å². The zero-order chi connectivity index (χ0) is 14.3. The molecule has 0 aliphatic rings. The first-order valence-corrected chi connectivity index (χ1v) is 8.26. The number of hydrogen-bond acceptors (Lipinski definition) is 5. The Bertz CT molecular complexity index is 384. The van der Waals surface area contributed by atoms with Gasteiger partial charge in [0, 0.05) is 18.7 Å². The fourth-order valence-electron chi connectivity index (χ4n) is 1.66. The van der Waals surface area contributed by atoms with Gasteiger partial charge in [0.15, 0.2) is 5.16 Å². The third kappa shape index (κ3) is 5.27. The van der Waals surface area contributed by atoms with Crippen LogP contribution in [0.5, 0.6) is 0 Å². The highest BCUT2D eigenvalue weighted by molar-refractivity contribution is 7.98. The van der Waals surface area contributed by atoms with Crippen molar-refractivity contribution in [2.45, 2.75) is 51.7 Å². The molecule has 108 valence electrons. The van der Waals surface area contributed by atoms with Crippen LogP contribution in [0.2, 0.25) is 0 Å². The van der Waals surface area contributed by atoms with Crippen molar-refractivity contribution in [3.8, 4) is 0 Å². The van der Waals surface area contributed by atoms with Crippen LogP contribution in [0.4, 0.5) is 11.6 Å². The van der Waals surface area contributed by atoms with Crippen molar-refractivity contribution >= 4 is 23.4 Å². The van der Waals surface area contributed by atoms with Crippen LogP contribution in [-0.2, 0) is 0 Å². The fraction of sp³-hybridized carbons (Fsp3) is 0.714. The second-order valence-electron chi connectivity index (χ2n) is 4.87. The van der Waals surface area contributed by atoms with Gasteiger partial charge in [0.05, 0.1) is 0 Å². The molecule has 0 saturated carbocycles. The number of nitrogens with zero attached hydrogens (tertiary/aromatic N) is 2. The number of rotatable bonds is 8. The van der Waals surface area contributed by atoms with Crippen LogP contribution in [0.15, 0.2) is 11.2 Å². The molecular weight excluding hydrogens is 256 g/mol. The van der Waals surface area contributed by atoms with Crippen LogP contribution in [0.25, 0.3) is 0 Å². The Morgan fingerprint density at radius 1 is 1.21 bits per heavy atom. The van der Waals surface area contributed by atoms with E-state index >= 15 is 0 Å². The predicted molar refractivity (Wildman–Crippen MR) is 85.1 cm³/mol. The van der Waals surface area contributed by atoms with E-state index in [-0.39, 0.29) is 0 Å². The first kappa shape index (κ1) is 16.1. The molecule has 0 radical (unpaired) electrons. The number of nitrogens with one attached hydrogen (secondary N) is 2. The molecule has 4 nitrogen and oxygen atoms in total. The second kappa shape index (κ2) is 8.25. The van der Waals surface area contributed by atoms with Gasteiger partial charge in [0.2, 0.25) is 0 Å². The standard InChI is InChI=1S/C14H26N4S/c1-6-8-15-12-9-13(18-14(17-12)19-5)16-11(4)10(3)7-2/h9-11H,6-8H2,1-5H3,(H2,15,16,17,18). The first-order chi connectivity index (χ1) is 9.10. The minimum Gasteiger partial charge on any atom is -0.370 e. The molecule has 0 amide bonds. The van der Waals surface area contributed by atoms with E-state index in [1.807, 2.05) is 12.3 Å². The number of thioether (sulfide) groups is 1. The van der Waals surface area contributed by atoms with Gasteiger partial charge in [-0.3, -0.25) is 0 Å². The number of aromatic nitrogens is 2. The molecular formula is C14H26N4S. The van der Waals surface area contributed by atoms with Crippen molar-refractivity contribution < 1.29 is 0 Å². The van der Waals surface area contributed by atoms with E-state index in [2.05, 4.69) is 48.3 Å². The van der Waals surface area contributed by atoms with E-state index in [1.165, 1.54) is 0 Å². The van der Waals surface area contributed by atoms with Crippen LogP contribution in [0, 0.1) is 5.92 Å². The predicted octanol–water partition coefficient (Wildman–Crippen LogP) is 3.87. The van der Waals surface area contributed by atoms with Crippen LogP contribution in [0.1, 0.15) is 40.5 Å². The molecule has 0 aromatic carbocycles. The summed E-state index contributed by atoms with van der Waals surface area (Å²) in [6.45, 7) is 9.75. The molecule has 19 heavy (non-hydrogen) atoms.